The summed E-state index contributed by atoms with van der Waals surface area (Å²) < 4.78 is 5.63. The highest BCUT2D eigenvalue weighted by Gasteiger charge is 2.26. The van der Waals surface area contributed by atoms with Gasteiger partial charge in [0.2, 0.25) is 0 Å². The molecule has 0 spiro atoms. The molecule has 1 aliphatic heterocycles. The zero-order valence-corrected chi connectivity index (χ0v) is 11.5. The molecule has 1 heterocycles. The Kier molecular flexibility index (Phi) is 4.75. The van der Waals surface area contributed by atoms with Crippen molar-refractivity contribution in [3.05, 3.63) is 28.3 Å². The lowest BCUT2D eigenvalue weighted by Gasteiger charge is -2.18. The second kappa shape index (κ2) is 6.53. The summed E-state index contributed by atoms with van der Waals surface area (Å²) in [5.41, 5.74) is 3.65. The van der Waals surface area contributed by atoms with Crippen LogP contribution in [-0.2, 0) is 4.74 Å². The highest BCUT2D eigenvalue weighted by molar-refractivity contribution is 5.63. The van der Waals surface area contributed by atoms with Gasteiger partial charge in [-0.2, -0.15) is 0 Å². The predicted octanol–water partition coefficient (Wildman–Crippen LogP) is 2.11. The Morgan fingerprint density at radius 2 is 2.20 bits per heavy atom. The number of rotatable bonds is 6. The Morgan fingerprint density at radius 1 is 1.45 bits per heavy atom. The molecule has 4 N–H and O–H groups in total. The molecule has 20 heavy (non-hydrogen) atoms. The van der Waals surface area contributed by atoms with Gasteiger partial charge in [0.05, 0.1) is 16.7 Å². The number of hydrazine groups is 1. The minimum atomic E-state index is -0.431. The molecule has 2 rings (SSSR count). The van der Waals surface area contributed by atoms with Crippen LogP contribution in [-0.4, -0.2) is 24.2 Å². The average Bonchev–Trinajstić information content (AvgIpc) is 2.92. The Morgan fingerprint density at radius 3 is 2.85 bits per heavy atom. The number of nitrogens with zero attached hydrogens (tertiary/aromatic N) is 1. The van der Waals surface area contributed by atoms with E-state index in [9.17, 15) is 10.1 Å². The van der Waals surface area contributed by atoms with E-state index in [2.05, 4.69) is 17.7 Å². The first-order valence-electron chi connectivity index (χ1n) is 6.75. The number of benzene rings is 1. The number of nitro groups is 1. The summed E-state index contributed by atoms with van der Waals surface area (Å²) in [6.45, 7) is 3.63. The maximum absolute atomic E-state index is 10.9. The van der Waals surface area contributed by atoms with Gasteiger partial charge in [0.1, 0.15) is 0 Å². The number of nitrogen functional groups attached to an aromatic ring is 1. The third kappa shape index (κ3) is 3.37. The van der Waals surface area contributed by atoms with E-state index in [0.29, 0.717) is 17.3 Å². The highest BCUT2D eigenvalue weighted by Crippen LogP contribution is 2.27. The fraction of sp³-hybridized carbons (Fsp3) is 0.538. The standard InChI is InChI=1S/C13H20N4O3/c1-2-13-9(3-4-20-13)8-15-10-5-11(16-14)7-12(6-10)17(18)19/h5-7,9,13,15-16H,2-4,8,14H2,1H3. The minimum Gasteiger partial charge on any atom is -0.384 e. The van der Waals surface area contributed by atoms with Crippen LogP contribution in [0.3, 0.4) is 0 Å². The molecule has 0 amide bonds. The predicted molar refractivity (Wildman–Crippen MR) is 77.5 cm³/mol. The summed E-state index contributed by atoms with van der Waals surface area (Å²) in [4.78, 5) is 10.4. The van der Waals surface area contributed by atoms with Crippen molar-refractivity contribution in [3.63, 3.8) is 0 Å². The van der Waals surface area contributed by atoms with Crippen molar-refractivity contribution in [1.82, 2.24) is 0 Å². The lowest BCUT2D eigenvalue weighted by atomic mass is 9.99. The van der Waals surface area contributed by atoms with Gasteiger partial charge >= 0.3 is 0 Å². The van der Waals surface area contributed by atoms with E-state index in [1.54, 1.807) is 6.07 Å². The molecule has 110 valence electrons. The van der Waals surface area contributed by atoms with Crippen LogP contribution in [0, 0.1) is 16.0 Å². The van der Waals surface area contributed by atoms with E-state index in [1.165, 1.54) is 12.1 Å². The Bertz CT molecular complexity index is 481. The van der Waals surface area contributed by atoms with E-state index in [0.717, 1.165) is 26.0 Å². The summed E-state index contributed by atoms with van der Waals surface area (Å²) in [7, 11) is 0. The van der Waals surface area contributed by atoms with Gasteiger partial charge in [-0.25, -0.2) is 0 Å². The van der Waals surface area contributed by atoms with Gasteiger partial charge in [-0.3, -0.25) is 16.0 Å². The molecule has 1 aliphatic rings. The number of anilines is 2. The van der Waals surface area contributed by atoms with Gasteiger partial charge in [0.25, 0.3) is 5.69 Å². The minimum absolute atomic E-state index is 0.0117. The first kappa shape index (κ1) is 14.5. The second-order valence-corrected chi connectivity index (χ2v) is 4.92. The number of nitrogens with one attached hydrogen (secondary N) is 2. The van der Waals surface area contributed by atoms with Crippen LogP contribution in [0.2, 0.25) is 0 Å². The first-order valence-corrected chi connectivity index (χ1v) is 6.75. The molecule has 0 bridgehead atoms. The largest absolute Gasteiger partial charge is 0.384 e. The van der Waals surface area contributed by atoms with Crippen LogP contribution in [0.25, 0.3) is 0 Å². The normalized spacial score (nSPS) is 21.7. The van der Waals surface area contributed by atoms with Gasteiger partial charge in [0.15, 0.2) is 0 Å². The van der Waals surface area contributed by atoms with Gasteiger partial charge in [-0.05, 0) is 18.9 Å². The van der Waals surface area contributed by atoms with Crippen molar-refractivity contribution < 1.29 is 9.66 Å². The monoisotopic (exact) mass is 280 g/mol. The summed E-state index contributed by atoms with van der Waals surface area (Å²) in [6.07, 6.45) is 2.27. The van der Waals surface area contributed by atoms with Crippen molar-refractivity contribution in [3.8, 4) is 0 Å². The van der Waals surface area contributed by atoms with Crippen LogP contribution in [0.4, 0.5) is 17.1 Å². The van der Waals surface area contributed by atoms with E-state index < -0.39 is 4.92 Å². The molecule has 1 aromatic rings. The quantitative estimate of drug-likeness (QED) is 0.419. The zero-order chi connectivity index (χ0) is 14.5. The number of hydrogen-bond acceptors (Lipinski definition) is 6. The molecule has 7 heteroatoms. The smallest absolute Gasteiger partial charge is 0.273 e. The Balaban J connectivity index is 2.05. The van der Waals surface area contributed by atoms with Crippen LogP contribution < -0.4 is 16.6 Å². The third-order valence-corrected chi connectivity index (χ3v) is 3.61. The maximum atomic E-state index is 10.9. The molecule has 0 aliphatic carbocycles. The van der Waals surface area contributed by atoms with E-state index in [1.807, 2.05) is 0 Å². The van der Waals surface area contributed by atoms with Gasteiger partial charge in [0, 0.05) is 36.9 Å². The molecule has 7 nitrogen and oxygen atoms in total. The Labute approximate surface area is 117 Å². The van der Waals surface area contributed by atoms with Gasteiger partial charge < -0.3 is 15.5 Å². The molecular formula is C13H20N4O3. The van der Waals surface area contributed by atoms with Gasteiger partial charge in [-0.15, -0.1) is 0 Å². The maximum Gasteiger partial charge on any atom is 0.273 e. The van der Waals surface area contributed by atoms with E-state index in [4.69, 9.17) is 10.6 Å². The molecule has 0 aromatic heterocycles. The number of ether oxygens (including phenoxy) is 1. The second-order valence-electron chi connectivity index (χ2n) is 4.92. The highest BCUT2D eigenvalue weighted by atomic mass is 16.6. The van der Waals surface area contributed by atoms with E-state index in [-0.39, 0.29) is 11.8 Å². The number of nitro benzene ring substituents is 1. The van der Waals surface area contributed by atoms with Crippen LogP contribution in [0.1, 0.15) is 19.8 Å². The zero-order valence-electron chi connectivity index (χ0n) is 11.5. The number of nitrogens with two attached hydrogens (primary N) is 1. The number of hydrogen-bond donors (Lipinski definition) is 3. The molecule has 2 atom stereocenters. The molecule has 1 fully saturated rings. The van der Waals surface area contributed by atoms with Crippen molar-refractivity contribution >= 4 is 17.1 Å². The summed E-state index contributed by atoms with van der Waals surface area (Å²) in [5, 5.41) is 14.1. The summed E-state index contributed by atoms with van der Waals surface area (Å²) in [5.74, 6) is 5.77. The van der Waals surface area contributed by atoms with Crippen LogP contribution >= 0.6 is 0 Å². The van der Waals surface area contributed by atoms with E-state index >= 15 is 0 Å². The van der Waals surface area contributed by atoms with Crippen LogP contribution in [0.5, 0.6) is 0 Å². The lowest BCUT2D eigenvalue weighted by Crippen LogP contribution is -2.22. The molecule has 1 saturated heterocycles. The van der Waals surface area contributed by atoms with Crippen LogP contribution in [0.15, 0.2) is 18.2 Å². The van der Waals surface area contributed by atoms with Crippen molar-refractivity contribution in [2.75, 3.05) is 23.9 Å². The Hall–Kier alpha value is -1.86. The fourth-order valence-corrected chi connectivity index (χ4v) is 2.53. The van der Waals surface area contributed by atoms with Crippen molar-refractivity contribution in [2.24, 2.45) is 11.8 Å². The van der Waals surface area contributed by atoms with Crippen molar-refractivity contribution in [2.45, 2.75) is 25.9 Å². The first-order chi connectivity index (χ1) is 9.63. The molecule has 1 aromatic carbocycles. The molecule has 0 saturated carbocycles. The van der Waals surface area contributed by atoms with Gasteiger partial charge in [-0.1, -0.05) is 6.92 Å². The van der Waals surface area contributed by atoms with Crippen molar-refractivity contribution in [1.29, 1.82) is 0 Å². The summed E-state index contributed by atoms with van der Waals surface area (Å²) in [6, 6.07) is 4.67. The third-order valence-electron chi connectivity index (χ3n) is 3.61. The number of non-ortho nitro benzene ring substituents is 1. The molecular weight excluding hydrogens is 260 g/mol. The fourth-order valence-electron chi connectivity index (χ4n) is 2.53. The average molecular weight is 280 g/mol. The molecule has 2 unspecified atom stereocenters. The SMILES string of the molecule is CCC1OCCC1CNc1cc(NN)cc([N+](=O)[O-])c1. The molecule has 0 radical (unpaired) electrons. The lowest BCUT2D eigenvalue weighted by molar-refractivity contribution is -0.384. The summed E-state index contributed by atoms with van der Waals surface area (Å²) >= 11 is 0. The topological polar surface area (TPSA) is 102 Å².